The molecule has 0 saturated carbocycles. The first kappa shape index (κ1) is 21.8. The highest BCUT2D eigenvalue weighted by Crippen LogP contribution is 2.54. The molecule has 1 saturated heterocycles. The summed E-state index contributed by atoms with van der Waals surface area (Å²) in [7, 11) is 1.99. The lowest BCUT2D eigenvalue weighted by Gasteiger charge is -2.44. The average Bonchev–Trinajstić information content (AvgIpc) is 3.55. The second-order valence-corrected chi connectivity index (χ2v) is 9.34. The van der Waals surface area contributed by atoms with Gasteiger partial charge in [-0.05, 0) is 74.4 Å². The molecule has 1 fully saturated rings. The number of H-pyrrole nitrogens is 2. The second kappa shape index (κ2) is 7.22. The number of carbonyl (C=O) groups is 2. The molecule has 3 N–H and O–H groups in total. The molecular formula is C28H28N4O2. The topological polar surface area (TPSA) is 81.0 Å². The summed E-state index contributed by atoms with van der Waals surface area (Å²) >= 11 is 0. The average molecular weight is 453 g/mol. The Morgan fingerprint density at radius 1 is 0.912 bits per heavy atom. The Kier molecular flexibility index (Phi) is 4.62. The highest BCUT2D eigenvalue weighted by molar-refractivity contribution is 6.52. The van der Waals surface area contributed by atoms with Crippen molar-refractivity contribution in [3.05, 3.63) is 99.9 Å². The summed E-state index contributed by atoms with van der Waals surface area (Å²) in [4.78, 5) is 34.8. The summed E-state index contributed by atoms with van der Waals surface area (Å²) in [6.45, 7) is 14.4. The van der Waals surface area contributed by atoms with E-state index in [1.54, 1.807) is 6.08 Å². The molecule has 0 aliphatic carbocycles. The largest absolute Gasteiger partial charge is 0.360 e. The molecule has 0 radical (unpaired) electrons. The Labute approximate surface area is 198 Å². The van der Waals surface area contributed by atoms with Crippen LogP contribution in [0.1, 0.15) is 32.2 Å². The molecule has 0 spiro atoms. The van der Waals surface area contributed by atoms with E-state index in [4.69, 9.17) is 0 Å². The van der Waals surface area contributed by atoms with Gasteiger partial charge in [0.25, 0.3) is 11.6 Å². The van der Waals surface area contributed by atoms with Gasteiger partial charge in [0, 0.05) is 40.2 Å². The summed E-state index contributed by atoms with van der Waals surface area (Å²) in [6, 6.07) is 7.89. The zero-order valence-electron chi connectivity index (χ0n) is 19.9. The van der Waals surface area contributed by atoms with E-state index in [1.807, 2.05) is 56.5 Å². The molecule has 3 aliphatic heterocycles. The summed E-state index contributed by atoms with van der Waals surface area (Å²) in [6.07, 6.45) is 9.69. The minimum absolute atomic E-state index is 0.258. The molecule has 172 valence electrons. The van der Waals surface area contributed by atoms with Crippen LogP contribution in [-0.2, 0) is 9.59 Å². The predicted octanol–water partition coefficient (Wildman–Crippen LogP) is 2.66. The maximum atomic E-state index is 13.0. The fourth-order valence-electron chi connectivity index (χ4n) is 5.56. The van der Waals surface area contributed by atoms with Crippen LogP contribution in [0.15, 0.2) is 77.8 Å². The maximum absolute atomic E-state index is 13.0. The molecule has 2 unspecified atom stereocenters. The zero-order chi connectivity index (χ0) is 24.4. The lowest BCUT2D eigenvalue weighted by Crippen LogP contribution is -2.50. The molecule has 5 heterocycles. The highest BCUT2D eigenvalue weighted by atomic mass is 16.2. The molecule has 5 rings (SSSR count). The molecule has 2 atom stereocenters. The van der Waals surface area contributed by atoms with Crippen LogP contribution >= 0.6 is 0 Å². The van der Waals surface area contributed by atoms with Gasteiger partial charge in [-0.3, -0.25) is 9.59 Å². The first-order valence-electron chi connectivity index (χ1n) is 11.2. The Balaban J connectivity index is 1.88. The van der Waals surface area contributed by atoms with Crippen LogP contribution in [0, 0.1) is 5.41 Å². The molecule has 0 amide bonds. The standard InChI is InChI=1S/C28H28N4O2/c1-7-27(5)17(4)24-16(3)23-26(34)25(33)22(31-23)14-20-10-9-18(29-20)13-19-11-12-21(30-19)15-28(27,8-2)32(24)6/h7-15,29-31H,1-2H2,3-6H3. The van der Waals surface area contributed by atoms with E-state index in [1.165, 1.54) is 0 Å². The molecule has 3 aliphatic rings. The smallest absolute Gasteiger partial charge is 0.251 e. The highest BCUT2D eigenvalue weighted by Gasteiger charge is 2.54. The maximum Gasteiger partial charge on any atom is 0.251 e. The zero-order valence-corrected chi connectivity index (χ0v) is 19.9. The van der Waals surface area contributed by atoms with Gasteiger partial charge in [0.15, 0.2) is 0 Å². The Morgan fingerprint density at radius 2 is 1.59 bits per heavy atom. The van der Waals surface area contributed by atoms with Gasteiger partial charge >= 0.3 is 0 Å². The number of fused-ring (bicyclic) bond motifs is 8. The second-order valence-electron chi connectivity index (χ2n) is 9.34. The number of hydrogen-bond donors (Lipinski definition) is 3. The quantitative estimate of drug-likeness (QED) is 0.484. The van der Waals surface area contributed by atoms with E-state index < -0.39 is 22.5 Å². The van der Waals surface area contributed by atoms with E-state index in [2.05, 4.69) is 53.3 Å². The van der Waals surface area contributed by atoms with Crippen molar-refractivity contribution in [2.75, 3.05) is 7.05 Å². The van der Waals surface area contributed by atoms with E-state index in [9.17, 15) is 9.59 Å². The summed E-state index contributed by atoms with van der Waals surface area (Å²) in [5, 5.41) is 4.98. The number of Topliss-reactive ketones (excluding diaryl/α,β-unsaturated/α-hetero) is 2. The van der Waals surface area contributed by atoms with Crippen LogP contribution < -0.4 is 16.0 Å². The van der Waals surface area contributed by atoms with Gasteiger partial charge in [0.05, 0.1) is 16.9 Å². The Hall–Kier alpha value is -4.06. The van der Waals surface area contributed by atoms with Crippen molar-refractivity contribution in [2.24, 2.45) is 5.41 Å². The summed E-state index contributed by atoms with van der Waals surface area (Å²) < 4.78 is 0. The molecule has 0 aromatic carbocycles. The third-order valence-corrected chi connectivity index (χ3v) is 7.69. The third kappa shape index (κ3) is 2.75. The number of nitrogens with zero attached hydrogens (tertiary/aromatic N) is 1. The lowest BCUT2D eigenvalue weighted by atomic mass is 9.68. The molecule has 6 nitrogen and oxygen atoms in total. The number of rotatable bonds is 2. The van der Waals surface area contributed by atoms with Crippen LogP contribution in [0.5, 0.6) is 0 Å². The SMILES string of the molecule is C=CC1(C)C(C)=C2C(C)=C3NC(=Cc4ccc([nH]4)C=c4ccc([nH]4)=CC1(C=C)N2C)C(=O)C3=O. The first-order chi connectivity index (χ1) is 16.1. The van der Waals surface area contributed by atoms with Gasteiger partial charge in [-0.15, -0.1) is 13.2 Å². The molecule has 34 heavy (non-hydrogen) atoms. The van der Waals surface area contributed by atoms with E-state index in [0.29, 0.717) is 11.3 Å². The minimum atomic E-state index is -0.654. The number of aromatic nitrogens is 2. The van der Waals surface area contributed by atoms with Gasteiger partial charge in [0.1, 0.15) is 0 Å². The van der Waals surface area contributed by atoms with E-state index in [0.717, 1.165) is 33.4 Å². The minimum Gasteiger partial charge on any atom is -0.360 e. The van der Waals surface area contributed by atoms with Crippen LogP contribution in [0.2, 0.25) is 0 Å². The number of ketones is 2. The normalized spacial score (nSPS) is 26.2. The fourth-order valence-corrected chi connectivity index (χ4v) is 5.56. The number of carbonyl (C=O) groups excluding carboxylic acids is 2. The van der Waals surface area contributed by atoms with E-state index >= 15 is 0 Å². The summed E-state index contributed by atoms with van der Waals surface area (Å²) in [5.41, 5.74) is 3.65. The fraction of sp³-hybridized carbons (Fsp3) is 0.214. The van der Waals surface area contributed by atoms with E-state index in [-0.39, 0.29) is 5.70 Å². The van der Waals surface area contributed by atoms with Crippen molar-refractivity contribution < 1.29 is 9.59 Å². The number of aromatic amines is 2. The van der Waals surface area contributed by atoms with Crippen molar-refractivity contribution in [2.45, 2.75) is 26.3 Å². The number of hydrogen-bond acceptors (Lipinski definition) is 4. The van der Waals surface area contributed by atoms with Crippen molar-refractivity contribution in [3.63, 3.8) is 0 Å². The molecule has 2 aromatic heterocycles. The van der Waals surface area contributed by atoms with Crippen LogP contribution in [-0.4, -0.2) is 39.0 Å². The Morgan fingerprint density at radius 3 is 2.26 bits per heavy atom. The summed E-state index contributed by atoms with van der Waals surface area (Å²) in [5.74, 6) is -1.08. The van der Waals surface area contributed by atoms with Crippen LogP contribution in [0.4, 0.5) is 0 Å². The lowest BCUT2D eigenvalue weighted by molar-refractivity contribution is -0.130. The van der Waals surface area contributed by atoms with Gasteiger partial charge < -0.3 is 20.2 Å². The Bertz CT molecular complexity index is 1510. The number of allylic oxidation sites excluding steroid dienone is 3. The number of likely N-dealkylation sites (N-methyl/N-ethyl adjacent to an activating group) is 1. The molecule has 2 aromatic rings. The van der Waals surface area contributed by atoms with Gasteiger partial charge in [0.2, 0.25) is 0 Å². The third-order valence-electron chi connectivity index (χ3n) is 7.69. The monoisotopic (exact) mass is 452 g/mol. The van der Waals surface area contributed by atoms with Crippen LogP contribution in [0.25, 0.3) is 18.2 Å². The molecule has 6 heteroatoms. The van der Waals surface area contributed by atoms with Crippen molar-refractivity contribution in [3.8, 4) is 0 Å². The van der Waals surface area contributed by atoms with Crippen molar-refractivity contribution in [1.82, 2.24) is 20.2 Å². The first-order valence-corrected chi connectivity index (χ1v) is 11.2. The van der Waals surface area contributed by atoms with Crippen LogP contribution in [0.3, 0.4) is 0 Å². The van der Waals surface area contributed by atoms with Crippen molar-refractivity contribution >= 4 is 29.8 Å². The molecular weight excluding hydrogens is 424 g/mol. The van der Waals surface area contributed by atoms with Gasteiger partial charge in [-0.1, -0.05) is 12.2 Å². The van der Waals surface area contributed by atoms with Crippen molar-refractivity contribution in [1.29, 1.82) is 0 Å². The predicted molar refractivity (Wildman–Crippen MR) is 134 cm³/mol. The van der Waals surface area contributed by atoms with Gasteiger partial charge in [-0.25, -0.2) is 0 Å². The molecule has 8 bridgehead atoms. The van der Waals surface area contributed by atoms with Gasteiger partial charge in [-0.2, -0.15) is 0 Å². The number of nitrogens with one attached hydrogen (secondary N) is 3.